The summed E-state index contributed by atoms with van der Waals surface area (Å²) in [7, 11) is 0. The molecule has 2 aromatic rings. The van der Waals surface area contributed by atoms with E-state index in [0.717, 1.165) is 48.6 Å². The molecule has 1 amide bonds. The van der Waals surface area contributed by atoms with Gasteiger partial charge in [0.15, 0.2) is 0 Å². The van der Waals surface area contributed by atoms with Gasteiger partial charge in [-0.15, -0.1) is 0 Å². The van der Waals surface area contributed by atoms with Crippen molar-refractivity contribution in [1.82, 2.24) is 9.80 Å². The number of aliphatic hydroxyl groups excluding tert-OH is 1. The molecule has 0 aromatic heterocycles. The van der Waals surface area contributed by atoms with Crippen molar-refractivity contribution in [3.05, 3.63) is 64.7 Å². The number of aryl methyl sites for hydroxylation is 3. The van der Waals surface area contributed by atoms with Crippen LogP contribution in [0.5, 0.6) is 5.75 Å². The molecule has 0 aliphatic carbocycles. The van der Waals surface area contributed by atoms with Gasteiger partial charge in [0.1, 0.15) is 24.5 Å². The highest BCUT2D eigenvalue weighted by Gasteiger charge is 2.31. The van der Waals surface area contributed by atoms with Crippen LogP contribution in [-0.2, 0) is 4.79 Å². The highest BCUT2D eigenvalue weighted by atomic mass is 16.5. The summed E-state index contributed by atoms with van der Waals surface area (Å²) in [6.07, 6.45) is -0.566. The molecular weight excluding hydrogens is 378 g/mol. The van der Waals surface area contributed by atoms with E-state index in [0.29, 0.717) is 6.54 Å². The normalized spacial score (nSPS) is 17.5. The van der Waals surface area contributed by atoms with E-state index in [1.165, 1.54) is 5.56 Å². The van der Waals surface area contributed by atoms with Crippen LogP contribution in [0.4, 0.5) is 0 Å². The van der Waals surface area contributed by atoms with Crippen molar-refractivity contribution in [1.29, 1.82) is 0 Å². The Hall–Kier alpha value is -2.41. The molecule has 0 bridgehead atoms. The zero-order chi connectivity index (χ0) is 21.7. The number of carbonyl (C=O) groups excluding carboxylic acids is 1. The fourth-order valence-corrected chi connectivity index (χ4v) is 4.15. The lowest BCUT2D eigenvalue weighted by atomic mass is 9.94. The van der Waals surface area contributed by atoms with E-state index < -0.39 is 12.1 Å². The second-order valence-corrected chi connectivity index (χ2v) is 8.22. The van der Waals surface area contributed by atoms with Gasteiger partial charge in [-0.1, -0.05) is 35.9 Å². The van der Waals surface area contributed by atoms with Crippen LogP contribution in [0.25, 0.3) is 0 Å². The number of ether oxygens (including phenoxy) is 1. The Kier molecular flexibility index (Phi) is 7.48. The Morgan fingerprint density at radius 3 is 2.20 bits per heavy atom. The molecule has 3 rings (SSSR count). The molecule has 6 nitrogen and oxygen atoms in total. The van der Waals surface area contributed by atoms with Gasteiger partial charge in [0, 0.05) is 32.7 Å². The molecule has 3 N–H and O–H groups in total. The van der Waals surface area contributed by atoms with E-state index in [2.05, 4.69) is 9.80 Å². The van der Waals surface area contributed by atoms with E-state index in [4.69, 9.17) is 10.5 Å². The zero-order valence-electron chi connectivity index (χ0n) is 18.2. The monoisotopic (exact) mass is 411 g/mol. The number of benzene rings is 2. The largest absolute Gasteiger partial charge is 0.491 e. The van der Waals surface area contributed by atoms with Crippen molar-refractivity contribution in [2.24, 2.45) is 5.73 Å². The number of aliphatic hydroxyl groups is 1. The van der Waals surface area contributed by atoms with Gasteiger partial charge in [0.2, 0.25) is 5.91 Å². The zero-order valence-corrected chi connectivity index (χ0v) is 18.2. The summed E-state index contributed by atoms with van der Waals surface area (Å²) in [4.78, 5) is 16.7. The number of hydrogen-bond acceptors (Lipinski definition) is 5. The fourth-order valence-electron chi connectivity index (χ4n) is 4.15. The summed E-state index contributed by atoms with van der Waals surface area (Å²) >= 11 is 0. The van der Waals surface area contributed by atoms with Crippen LogP contribution in [0.2, 0.25) is 0 Å². The number of amides is 1. The minimum absolute atomic E-state index is 0.260. The SMILES string of the molecule is Cc1ccc(OCC(O)CN2CCN(C(C(N)=O)c3c(C)cccc3C)CC2)cc1. The second kappa shape index (κ2) is 10.1. The molecule has 2 unspecified atom stereocenters. The Morgan fingerprint density at radius 2 is 1.63 bits per heavy atom. The lowest BCUT2D eigenvalue weighted by Gasteiger charge is -2.39. The van der Waals surface area contributed by atoms with Crippen molar-refractivity contribution >= 4 is 5.91 Å². The van der Waals surface area contributed by atoms with Gasteiger partial charge in [-0.2, -0.15) is 0 Å². The van der Waals surface area contributed by atoms with Crippen LogP contribution in [0.3, 0.4) is 0 Å². The van der Waals surface area contributed by atoms with Crippen LogP contribution in [-0.4, -0.2) is 66.2 Å². The smallest absolute Gasteiger partial charge is 0.239 e. The maximum absolute atomic E-state index is 12.3. The molecule has 2 atom stereocenters. The number of hydrogen-bond donors (Lipinski definition) is 2. The van der Waals surface area contributed by atoms with Gasteiger partial charge in [-0.05, 0) is 49.6 Å². The summed E-state index contributed by atoms with van der Waals surface area (Å²) in [6, 6.07) is 13.5. The maximum atomic E-state index is 12.3. The van der Waals surface area contributed by atoms with Gasteiger partial charge < -0.3 is 15.6 Å². The van der Waals surface area contributed by atoms with Crippen LogP contribution in [0.15, 0.2) is 42.5 Å². The molecule has 1 aliphatic heterocycles. The van der Waals surface area contributed by atoms with E-state index in [-0.39, 0.29) is 12.5 Å². The average Bonchev–Trinajstić information content (AvgIpc) is 2.71. The number of carbonyl (C=O) groups is 1. The number of rotatable bonds is 8. The van der Waals surface area contributed by atoms with Gasteiger partial charge in [-0.3, -0.25) is 14.6 Å². The van der Waals surface area contributed by atoms with Gasteiger partial charge in [0.05, 0.1) is 0 Å². The summed E-state index contributed by atoms with van der Waals surface area (Å²) in [5, 5.41) is 10.4. The van der Waals surface area contributed by atoms with Crippen molar-refractivity contribution in [3.8, 4) is 5.75 Å². The molecule has 0 spiro atoms. The quantitative estimate of drug-likeness (QED) is 0.696. The van der Waals surface area contributed by atoms with Crippen LogP contribution < -0.4 is 10.5 Å². The Balaban J connectivity index is 1.53. The summed E-state index contributed by atoms with van der Waals surface area (Å²) in [5.74, 6) is 0.453. The third-order valence-electron chi connectivity index (χ3n) is 5.79. The standard InChI is InChI=1S/C24H33N3O3/c1-17-7-9-21(10-8-17)30-16-20(28)15-26-11-13-27(14-12-26)23(24(25)29)22-18(2)5-4-6-19(22)3/h4-10,20,23,28H,11-16H2,1-3H3,(H2,25,29). The van der Waals surface area contributed by atoms with Gasteiger partial charge in [-0.25, -0.2) is 0 Å². The molecule has 30 heavy (non-hydrogen) atoms. The topological polar surface area (TPSA) is 79.0 Å². The van der Waals surface area contributed by atoms with Crippen LogP contribution in [0, 0.1) is 20.8 Å². The van der Waals surface area contributed by atoms with Crippen LogP contribution in [0.1, 0.15) is 28.3 Å². The molecule has 1 aliphatic rings. The second-order valence-electron chi connectivity index (χ2n) is 8.22. The third-order valence-corrected chi connectivity index (χ3v) is 5.79. The maximum Gasteiger partial charge on any atom is 0.239 e. The first-order valence-electron chi connectivity index (χ1n) is 10.5. The molecule has 0 radical (unpaired) electrons. The Labute approximate surface area is 179 Å². The third kappa shape index (κ3) is 5.59. The van der Waals surface area contributed by atoms with Crippen molar-refractivity contribution in [2.75, 3.05) is 39.3 Å². The van der Waals surface area contributed by atoms with Crippen molar-refractivity contribution < 1.29 is 14.6 Å². The molecular formula is C24H33N3O3. The fraction of sp³-hybridized carbons (Fsp3) is 0.458. The molecule has 0 saturated carbocycles. The number of β-amino-alcohol motifs (C(OH)–C–C–N with tert-alkyl or cyclic N) is 1. The number of primary amides is 1. The number of nitrogens with two attached hydrogens (primary N) is 1. The van der Waals surface area contributed by atoms with E-state index in [1.54, 1.807) is 0 Å². The average molecular weight is 412 g/mol. The summed E-state index contributed by atoms with van der Waals surface area (Å²) in [6.45, 7) is 9.89. The molecule has 1 saturated heterocycles. The predicted molar refractivity (Wildman–Crippen MR) is 119 cm³/mol. The highest BCUT2D eigenvalue weighted by molar-refractivity contribution is 5.82. The Morgan fingerprint density at radius 1 is 1.03 bits per heavy atom. The minimum Gasteiger partial charge on any atom is -0.491 e. The highest BCUT2D eigenvalue weighted by Crippen LogP contribution is 2.28. The lowest BCUT2D eigenvalue weighted by Crippen LogP contribution is -2.52. The first-order chi connectivity index (χ1) is 14.3. The van der Waals surface area contributed by atoms with Gasteiger partial charge >= 0.3 is 0 Å². The predicted octanol–water partition coefficient (Wildman–Crippen LogP) is 2.20. The molecule has 162 valence electrons. The van der Waals surface area contributed by atoms with Crippen LogP contribution >= 0.6 is 0 Å². The minimum atomic E-state index is -0.566. The number of nitrogens with zero attached hydrogens (tertiary/aromatic N) is 2. The first-order valence-corrected chi connectivity index (χ1v) is 10.5. The number of piperazine rings is 1. The van der Waals surface area contributed by atoms with Crippen molar-refractivity contribution in [3.63, 3.8) is 0 Å². The van der Waals surface area contributed by atoms with Crippen molar-refractivity contribution in [2.45, 2.75) is 32.9 Å². The Bertz CT molecular complexity index is 825. The van der Waals surface area contributed by atoms with Gasteiger partial charge in [0.25, 0.3) is 0 Å². The first kappa shape index (κ1) is 22.3. The molecule has 2 aromatic carbocycles. The molecule has 6 heteroatoms. The molecule has 1 fully saturated rings. The van der Waals surface area contributed by atoms with E-state index in [1.807, 2.05) is 63.2 Å². The van der Waals surface area contributed by atoms with E-state index >= 15 is 0 Å². The van der Waals surface area contributed by atoms with E-state index in [9.17, 15) is 9.90 Å². The lowest BCUT2D eigenvalue weighted by molar-refractivity contribution is -0.124. The molecule has 1 heterocycles. The summed E-state index contributed by atoms with van der Waals surface area (Å²) in [5.41, 5.74) is 10.2. The summed E-state index contributed by atoms with van der Waals surface area (Å²) < 4.78 is 5.69.